The number of methoxy groups -OCH3 is 1. The van der Waals surface area contributed by atoms with Crippen molar-refractivity contribution in [2.75, 3.05) is 20.2 Å². The number of ether oxygens (including phenoxy) is 3. The Morgan fingerprint density at radius 2 is 1.38 bits per heavy atom. The molecule has 0 bridgehead atoms. The van der Waals surface area contributed by atoms with Crippen LogP contribution in [0.15, 0.2) is 52.4 Å². The number of carbonyl (C=O) groups is 7. The third kappa shape index (κ3) is 14.5. The summed E-state index contributed by atoms with van der Waals surface area (Å²) in [5, 5.41) is 67.6. The summed E-state index contributed by atoms with van der Waals surface area (Å²) in [4.78, 5) is 106. The van der Waals surface area contributed by atoms with Crippen molar-refractivity contribution in [3.8, 4) is 23.0 Å². The van der Waals surface area contributed by atoms with Gasteiger partial charge in [-0.3, -0.25) is 43.5 Å². The molecule has 3 aliphatic rings. The maximum absolute atomic E-state index is 14.4. The maximum atomic E-state index is 14.4. The minimum atomic E-state index is -2.22. The molecular formula is C54H73N11O15. The first-order valence-electron chi connectivity index (χ1n) is 26.2. The molecule has 3 aromatic rings. The molecule has 2 aliphatic carbocycles. The number of benzene rings is 3. The highest BCUT2D eigenvalue weighted by atomic mass is 16.7. The normalized spacial score (nSPS) is 21.7. The number of aliphatic hydroxyl groups is 2. The van der Waals surface area contributed by atoms with Gasteiger partial charge in [-0.2, -0.15) is 0 Å². The zero-order valence-corrected chi connectivity index (χ0v) is 45.2. The first-order chi connectivity index (χ1) is 37.7. The van der Waals surface area contributed by atoms with Gasteiger partial charge in [-0.25, -0.2) is 0 Å². The highest BCUT2D eigenvalue weighted by Crippen LogP contribution is 2.52. The van der Waals surface area contributed by atoms with Crippen molar-refractivity contribution < 1.29 is 73.3 Å². The average Bonchev–Trinajstić information content (AvgIpc) is 3.43. The second kappa shape index (κ2) is 26.4. The Balaban J connectivity index is 1.23. The van der Waals surface area contributed by atoms with E-state index >= 15 is 0 Å². The van der Waals surface area contributed by atoms with Crippen LogP contribution < -0.4 is 54.7 Å². The zero-order chi connectivity index (χ0) is 58.9. The summed E-state index contributed by atoms with van der Waals surface area (Å²) >= 11 is 0. The maximum Gasteiger partial charge on any atom is 0.243 e. The van der Waals surface area contributed by atoms with Crippen LogP contribution in [0.5, 0.6) is 23.0 Å². The van der Waals surface area contributed by atoms with Gasteiger partial charge in [0.15, 0.2) is 29.8 Å². The third-order valence-electron chi connectivity index (χ3n) is 14.3. The van der Waals surface area contributed by atoms with Gasteiger partial charge >= 0.3 is 0 Å². The van der Waals surface area contributed by atoms with Gasteiger partial charge in [0.1, 0.15) is 52.8 Å². The fourth-order valence-electron chi connectivity index (χ4n) is 10.1. The molecule has 0 aromatic heterocycles. The molecule has 1 saturated heterocycles. The van der Waals surface area contributed by atoms with Crippen LogP contribution in [0, 0.1) is 5.92 Å². The van der Waals surface area contributed by atoms with E-state index in [4.69, 9.17) is 42.9 Å². The minimum Gasteiger partial charge on any atom is -0.508 e. The van der Waals surface area contributed by atoms with Crippen molar-refractivity contribution in [3.05, 3.63) is 81.4 Å². The van der Waals surface area contributed by atoms with E-state index in [-0.39, 0.29) is 110 Å². The van der Waals surface area contributed by atoms with Gasteiger partial charge in [0.2, 0.25) is 29.4 Å². The van der Waals surface area contributed by atoms with Gasteiger partial charge in [-0.05, 0) is 82.1 Å². The van der Waals surface area contributed by atoms with Crippen LogP contribution in [0.1, 0.15) is 127 Å². The number of phenolic OH excluding ortho intramolecular Hbond substituents is 3. The number of nitrogens with zero attached hydrogens (tertiary/aromatic N) is 2. The van der Waals surface area contributed by atoms with Gasteiger partial charge in [0.25, 0.3) is 0 Å². The van der Waals surface area contributed by atoms with E-state index in [1.165, 1.54) is 44.4 Å². The molecule has 434 valence electrons. The number of aliphatic imine (C=N–C) groups is 2. The Kier molecular flexibility index (Phi) is 20.2. The van der Waals surface area contributed by atoms with E-state index in [1.54, 1.807) is 26.0 Å². The summed E-state index contributed by atoms with van der Waals surface area (Å²) in [6.07, 6.45) is -6.32. The van der Waals surface area contributed by atoms with E-state index in [1.807, 2.05) is 0 Å². The Labute approximate surface area is 461 Å². The smallest absolute Gasteiger partial charge is 0.243 e. The molecule has 0 spiro atoms. The largest absolute Gasteiger partial charge is 0.508 e. The molecule has 1 fully saturated rings. The molecule has 10 atom stereocenters. The first kappa shape index (κ1) is 61.3. The number of amides is 4. The number of Topliss-reactive ketones (excluding diaryl/α,β-unsaturated/α-hetero) is 1. The Morgan fingerprint density at radius 3 is 1.94 bits per heavy atom. The summed E-state index contributed by atoms with van der Waals surface area (Å²) in [6.45, 7) is 6.33. The van der Waals surface area contributed by atoms with Gasteiger partial charge in [-0.1, -0.05) is 38.1 Å². The number of rotatable bonds is 24. The first-order valence-corrected chi connectivity index (χ1v) is 26.2. The molecule has 1 heterocycles. The van der Waals surface area contributed by atoms with E-state index in [0.29, 0.717) is 5.56 Å². The lowest BCUT2D eigenvalue weighted by molar-refractivity contribution is -0.249. The standard InChI is InChI=1S/C54H73N11O15/c1-24(2)19-35(65-50(75)33(11-8-18-61-53(58)59)63-49(74)32(10-7-17-60-52(56)57)62-48(73)31(55)20-27-13-15-28(67)16-14-27)51(76)64-34-21-38(79-25(3)43(34)68)80-37-23-54(77,26(4)66)22-30-40(37)47(72)42-41(45(30)70)44(69)29-9-6-12-36(78-5)39(29)46(42)71/h6,9,12-16,24-25,31-35,37-38,43,67-68,70,72,77H,7-8,10-11,17-23,55H2,1-5H3,(H,62,73)(H,63,74)(H,64,76)(H,65,75)(H4,56,57,60)(H4,58,59,61)/t25-,31-,32-,33-,34-,35-,37-,38-,43+,54-/m0/s1. The number of carbonyl (C=O) groups excluding carboxylic acids is 7. The molecule has 80 heavy (non-hydrogen) atoms. The molecule has 19 N–H and O–H groups in total. The number of ketones is 3. The summed E-state index contributed by atoms with van der Waals surface area (Å²) in [5.74, 6) is -7.54. The van der Waals surface area contributed by atoms with Crippen LogP contribution in [-0.2, 0) is 46.3 Å². The molecule has 26 heteroatoms. The molecule has 26 nitrogen and oxygen atoms in total. The number of guanidine groups is 2. The van der Waals surface area contributed by atoms with Crippen molar-refractivity contribution in [1.82, 2.24) is 21.3 Å². The summed E-state index contributed by atoms with van der Waals surface area (Å²) < 4.78 is 17.8. The topological polar surface area (TPSA) is 451 Å². The molecule has 4 amide bonds. The van der Waals surface area contributed by atoms with Crippen LogP contribution in [0.2, 0.25) is 0 Å². The van der Waals surface area contributed by atoms with Gasteiger partial charge in [-0.15, -0.1) is 0 Å². The molecule has 6 rings (SSSR count). The number of hydrogen-bond donors (Lipinski definition) is 14. The van der Waals surface area contributed by atoms with Crippen LogP contribution in [0.4, 0.5) is 0 Å². The Hall–Kier alpha value is -7.91. The quantitative estimate of drug-likeness (QED) is 0.0174. The Morgan fingerprint density at radius 1 is 0.800 bits per heavy atom. The predicted molar refractivity (Wildman–Crippen MR) is 289 cm³/mol. The molecule has 0 radical (unpaired) electrons. The number of nitrogens with one attached hydrogen (secondary N) is 4. The van der Waals surface area contributed by atoms with Crippen molar-refractivity contribution in [3.63, 3.8) is 0 Å². The van der Waals surface area contributed by atoms with E-state index in [2.05, 4.69) is 31.3 Å². The van der Waals surface area contributed by atoms with E-state index < -0.39 is 137 Å². The van der Waals surface area contributed by atoms with Crippen molar-refractivity contribution in [2.45, 2.75) is 146 Å². The SMILES string of the molecule is COc1cccc2c1C(=O)c1c(O)c3c(c(O)c1C2=O)C[C@@](O)(C(C)=O)C[C@@H]3O[C@H]1C[C@H](NC(=O)[C@H](CC(C)C)NC(=O)[C@H](CCCN=C(N)N)NC(=O)[C@H](CCCN=C(N)N)NC(=O)[C@@H](N)Cc2ccc(O)cc2)[C@H](O)[C@H](C)O1. The molecular weight excluding hydrogens is 1040 g/mol. The van der Waals surface area contributed by atoms with Crippen molar-refractivity contribution >= 4 is 52.9 Å². The van der Waals surface area contributed by atoms with Crippen molar-refractivity contribution in [1.29, 1.82) is 0 Å². The predicted octanol–water partition coefficient (Wildman–Crippen LogP) is -0.930. The van der Waals surface area contributed by atoms with Crippen LogP contribution in [-0.4, -0.2) is 153 Å². The molecule has 3 aromatic carbocycles. The van der Waals surface area contributed by atoms with Gasteiger partial charge in [0.05, 0.1) is 48.1 Å². The summed E-state index contributed by atoms with van der Waals surface area (Å²) in [7, 11) is 1.29. The lowest BCUT2D eigenvalue weighted by Gasteiger charge is -2.43. The molecule has 1 aliphatic heterocycles. The summed E-state index contributed by atoms with van der Waals surface area (Å²) in [5.41, 5.74) is 25.0. The minimum absolute atomic E-state index is 0.000624. The monoisotopic (exact) mass is 1120 g/mol. The van der Waals surface area contributed by atoms with Gasteiger partial charge < -0.3 is 89.7 Å². The highest BCUT2D eigenvalue weighted by Gasteiger charge is 2.50. The zero-order valence-electron chi connectivity index (χ0n) is 45.2. The molecule has 0 unspecified atom stereocenters. The van der Waals surface area contributed by atoms with Crippen LogP contribution in [0.25, 0.3) is 0 Å². The number of hydrogen-bond acceptors (Lipinski definition) is 18. The highest BCUT2D eigenvalue weighted by molar-refractivity contribution is 6.31. The number of fused-ring (bicyclic) bond motifs is 3. The average molecular weight is 1120 g/mol. The number of phenols is 3. The number of aromatic hydroxyl groups is 3. The number of nitrogens with two attached hydrogens (primary N) is 5. The van der Waals surface area contributed by atoms with Gasteiger partial charge in [0, 0.05) is 49.0 Å². The third-order valence-corrected chi connectivity index (χ3v) is 14.3. The second-order valence-corrected chi connectivity index (χ2v) is 20.8. The van der Waals surface area contributed by atoms with E-state index in [0.717, 1.165) is 6.92 Å². The Bertz CT molecular complexity index is 2890. The summed E-state index contributed by atoms with van der Waals surface area (Å²) in [6, 6.07) is 4.17. The number of aliphatic hydroxyl groups excluding tert-OH is 1. The van der Waals surface area contributed by atoms with Crippen molar-refractivity contribution in [2.24, 2.45) is 44.6 Å². The second-order valence-electron chi connectivity index (χ2n) is 20.8. The van der Waals surface area contributed by atoms with E-state index in [9.17, 15) is 59.1 Å². The van der Waals surface area contributed by atoms with Crippen LogP contribution >= 0.6 is 0 Å². The lowest BCUT2D eigenvalue weighted by Crippen LogP contribution is -2.61. The fraction of sp³-hybridized carbons (Fsp3) is 0.500. The van der Waals surface area contributed by atoms with Crippen LogP contribution in [0.3, 0.4) is 0 Å². The lowest BCUT2D eigenvalue weighted by atomic mass is 9.72. The molecule has 0 saturated carbocycles. The fourth-order valence-corrected chi connectivity index (χ4v) is 10.1.